The number of hydrogen-bond donors (Lipinski definition) is 1. The Labute approximate surface area is 106 Å². The summed E-state index contributed by atoms with van der Waals surface area (Å²) in [6, 6.07) is 15.3. The largest absolute Gasteiger partial charge is 0.347 e. The number of carbonyl (C=O) groups is 1. The van der Waals surface area contributed by atoms with Crippen molar-refractivity contribution in [1.82, 2.24) is 10.3 Å². The molecule has 0 fully saturated rings. The minimum Gasteiger partial charge on any atom is -0.347 e. The van der Waals surface area contributed by atoms with Crippen LogP contribution < -0.4 is 5.32 Å². The van der Waals surface area contributed by atoms with Crippen LogP contribution >= 0.6 is 0 Å². The molecule has 0 atom stereocenters. The molecule has 2 rings (SSSR count). The molecule has 1 N–H and O–H groups in total. The first-order chi connectivity index (χ1) is 8.84. The Bertz CT molecular complexity index is 521. The topological polar surface area (TPSA) is 42.0 Å². The van der Waals surface area contributed by atoms with Crippen molar-refractivity contribution in [3.8, 4) is 0 Å². The van der Waals surface area contributed by atoms with Crippen LogP contribution in [0.3, 0.4) is 0 Å². The SMILES string of the molecule is O=C(/C=C\c1ccccc1)NCc1ccccn1. The summed E-state index contributed by atoms with van der Waals surface area (Å²) >= 11 is 0. The van der Waals surface area contributed by atoms with Crippen molar-refractivity contribution in [2.45, 2.75) is 6.54 Å². The number of carbonyl (C=O) groups excluding carboxylic acids is 1. The molecule has 90 valence electrons. The van der Waals surface area contributed by atoms with E-state index in [1.54, 1.807) is 12.3 Å². The predicted molar refractivity (Wildman–Crippen MR) is 71.6 cm³/mol. The van der Waals surface area contributed by atoms with Crippen LogP contribution in [0.2, 0.25) is 0 Å². The second-order valence-electron chi connectivity index (χ2n) is 3.78. The average Bonchev–Trinajstić information content (AvgIpc) is 2.45. The first kappa shape index (κ1) is 12.0. The molecule has 0 aliphatic heterocycles. The second-order valence-corrected chi connectivity index (χ2v) is 3.78. The van der Waals surface area contributed by atoms with Gasteiger partial charge in [-0.15, -0.1) is 0 Å². The second kappa shape index (κ2) is 6.35. The number of rotatable bonds is 4. The molecule has 0 bridgehead atoms. The maximum atomic E-state index is 11.6. The van der Waals surface area contributed by atoms with Crippen molar-refractivity contribution in [2.24, 2.45) is 0 Å². The molecule has 1 aromatic heterocycles. The fourth-order valence-electron chi connectivity index (χ4n) is 1.48. The van der Waals surface area contributed by atoms with E-state index in [-0.39, 0.29) is 5.91 Å². The first-order valence-electron chi connectivity index (χ1n) is 5.75. The van der Waals surface area contributed by atoms with Gasteiger partial charge < -0.3 is 5.32 Å². The third-order valence-corrected chi connectivity index (χ3v) is 2.40. The van der Waals surface area contributed by atoms with Gasteiger partial charge in [0, 0.05) is 12.3 Å². The number of amides is 1. The molecular weight excluding hydrogens is 224 g/mol. The summed E-state index contributed by atoms with van der Waals surface area (Å²) in [6.07, 6.45) is 5.02. The van der Waals surface area contributed by atoms with Gasteiger partial charge >= 0.3 is 0 Å². The molecule has 2 aromatic rings. The van der Waals surface area contributed by atoms with Gasteiger partial charge in [0.25, 0.3) is 0 Å². The molecule has 0 spiro atoms. The Morgan fingerprint density at radius 2 is 1.89 bits per heavy atom. The number of pyridine rings is 1. The smallest absolute Gasteiger partial charge is 0.244 e. The Morgan fingerprint density at radius 3 is 2.61 bits per heavy atom. The lowest BCUT2D eigenvalue weighted by atomic mass is 10.2. The van der Waals surface area contributed by atoms with E-state index in [9.17, 15) is 4.79 Å². The maximum absolute atomic E-state index is 11.6. The molecule has 0 saturated carbocycles. The lowest BCUT2D eigenvalue weighted by molar-refractivity contribution is -0.116. The molecule has 1 aromatic carbocycles. The van der Waals surface area contributed by atoms with Gasteiger partial charge in [0.1, 0.15) is 0 Å². The van der Waals surface area contributed by atoms with Crippen LogP contribution in [0, 0.1) is 0 Å². The third kappa shape index (κ3) is 3.87. The van der Waals surface area contributed by atoms with Crippen molar-refractivity contribution in [3.63, 3.8) is 0 Å². The van der Waals surface area contributed by atoms with Crippen LogP contribution in [0.25, 0.3) is 6.08 Å². The highest BCUT2D eigenvalue weighted by atomic mass is 16.1. The molecule has 0 unspecified atom stereocenters. The molecule has 3 nitrogen and oxygen atoms in total. The quantitative estimate of drug-likeness (QED) is 0.831. The van der Waals surface area contributed by atoms with Crippen molar-refractivity contribution in [1.29, 1.82) is 0 Å². The lowest BCUT2D eigenvalue weighted by Crippen LogP contribution is -2.20. The number of benzene rings is 1. The third-order valence-electron chi connectivity index (χ3n) is 2.40. The standard InChI is InChI=1S/C15H14N2O/c18-15(10-9-13-6-2-1-3-7-13)17-12-14-8-4-5-11-16-14/h1-11H,12H2,(H,17,18)/b10-9-. The Balaban J connectivity index is 1.84. The van der Waals surface area contributed by atoms with E-state index in [0.29, 0.717) is 6.54 Å². The summed E-state index contributed by atoms with van der Waals surface area (Å²) in [5.74, 6) is -0.121. The minimum atomic E-state index is -0.121. The van der Waals surface area contributed by atoms with Gasteiger partial charge in [-0.1, -0.05) is 36.4 Å². The summed E-state index contributed by atoms with van der Waals surface area (Å²) in [4.78, 5) is 15.7. The highest BCUT2D eigenvalue weighted by molar-refractivity contribution is 5.91. The van der Waals surface area contributed by atoms with E-state index in [1.165, 1.54) is 6.08 Å². The van der Waals surface area contributed by atoms with Crippen molar-refractivity contribution in [3.05, 3.63) is 72.1 Å². The van der Waals surface area contributed by atoms with E-state index in [4.69, 9.17) is 0 Å². The molecule has 0 aliphatic carbocycles. The van der Waals surface area contributed by atoms with Gasteiger partial charge in [0.2, 0.25) is 5.91 Å². The summed E-state index contributed by atoms with van der Waals surface area (Å²) in [5, 5.41) is 2.78. The van der Waals surface area contributed by atoms with Crippen LogP contribution in [0.5, 0.6) is 0 Å². The number of nitrogens with one attached hydrogen (secondary N) is 1. The molecule has 0 saturated heterocycles. The lowest BCUT2D eigenvalue weighted by Gasteiger charge is -2.00. The summed E-state index contributed by atoms with van der Waals surface area (Å²) in [5.41, 5.74) is 1.85. The number of hydrogen-bond acceptors (Lipinski definition) is 2. The zero-order valence-electron chi connectivity index (χ0n) is 9.91. The van der Waals surface area contributed by atoms with Crippen LogP contribution in [-0.2, 0) is 11.3 Å². The molecular formula is C15H14N2O. The van der Waals surface area contributed by atoms with E-state index < -0.39 is 0 Å². The van der Waals surface area contributed by atoms with E-state index in [1.807, 2.05) is 48.5 Å². The van der Waals surface area contributed by atoms with Gasteiger partial charge in [0.05, 0.1) is 12.2 Å². The molecule has 0 radical (unpaired) electrons. The molecule has 0 aliphatic rings. The van der Waals surface area contributed by atoms with Gasteiger partial charge in [-0.25, -0.2) is 0 Å². The number of nitrogens with zero attached hydrogens (tertiary/aromatic N) is 1. The fourth-order valence-corrected chi connectivity index (χ4v) is 1.48. The Morgan fingerprint density at radius 1 is 1.11 bits per heavy atom. The highest BCUT2D eigenvalue weighted by Crippen LogP contribution is 2.00. The van der Waals surface area contributed by atoms with E-state index in [2.05, 4.69) is 10.3 Å². The molecule has 1 heterocycles. The molecule has 1 amide bonds. The van der Waals surface area contributed by atoms with Crippen LogP contribution in [0.4, 0.5) is 0 Å². The monoisotopic (exact) mass is 238 g/mol. The van der Waals surface area contributed by atoms with Crippen molar-refractivity contribution >= 4 is 12.0 Å². The van der Waals surface area contributed by atoms with Crippen LogP contribution in [0.15, 0.2) is 60.8 Å². The molecule has 18 heavy (non-hydrogen) atoms. The van der Waals surface area contributed by atoms with E-state index in [0.717, 1.165) is 11.3 Å². The summed E-state index contributed by atoms with van der Waals surface area (Å²) in [6.45, 7) is 0.443. The zero-order valence-corrected chi connectivity index (χ0v) is 9.91. The van der Waals surface area contributed by atoms with Crippen LogP contribution in [0.1, 0.15) is 11.3 Å². The van der Waals surface area contributed by atoms with Crippen LogP contribution in [-0.4, -0.2) is 10.9 Å². The minimum absolute atomic E-state index is 0.121. The molecule has 3 heteroatoms. The zero-order chi connectivity index (χ0) is 12.6. The van der Waals surface area contributed by atoms with E-state index >= 15 is 0 Å². The first-order valence-corrected chi connectivity index (χ1v) is 5.75. The van der Waals surface area contributed by atoms with Gasteiger partial charge in [0.15, 0.2) is 0 Å². The van der Waals surface area contributed by atoms with Gasteiger partial charge in [-0.3, -0.25) is 9.78 Å². The summed E-state index contributed by atoms with van der Waals surface area (Å²) in [7, 11) is 0. The van der Waals surface area contributed by atoms with Crippen molar-refractivity contribution < 1.29 is 4.79 Å². The fraction of sp³-hybridized carbons (Fsp3) is 0.0667. The normalized spacial score (nSPS) is 10.4. The van der Waals surface area contributed by atoms with Gasteiger partial charge in [-0.2, -0.15) is 0 Å². The highest BCUT2D eigenvalue weighted by Gasteiger charge is 1.96. The number of aromatic nitrogens is 1. The van der Waals surface area contributed by atoms with Crippen molar-refractivity contribution in [2.75, 3.05) is 0 Å². The maximum Gasteiger partial charge on any atom is 0.244 e. The van der Waals surface area contributed by atoms with Gasteiger partial charge in [-0.05, 0) is 23.8 Å². The average molecular weight is 238 g/mol. The Kier molecular flexibility index (Phi) is 4.25. The Hall–Kier alpha value is -2.42. The summed E-state index contributed by atoms with van der Waals surface area (Å²) < 4.78 is 0. The predicted octanol–water partition coefficient (Wildman–Crippen LogP) is 2.41.